The van der Waals surface area contributed by atoms with Crippen LogP contribution in [0.2, 0.25) is 0 Å². The highest BCUT2D eigenvalue weighted by Crippen LogP contribution is 2.24. The van der Waals surface area contributed by atoms with Crippen molar-refractivity contribution in [1.29, 1.82) is 0 Å². The van der Waals surface area contributed by atoms with Gasteiger partial charge in [-0.2, -0.15) is 0 Å². The van der Waals surface area contributed by atoms with Crippen LogP contribution in [0.5, 0.6) is 5.75 Å². The minimum Gasteiger partial charge on any atom is -0.364 e. The van der Waals surface area contributed by atoms with E-state index in [-0.39, 0.29) is 0 Å². The number of rotatable bonds is 4. The summed E-state index contributed by atoms with van der Waals surface area (Å²) >= 11 is 1.13. The van der Waals surface area contributed by atoms with Crippen LogP contribution in [0.25, 0.3) is 0 Å². The summed E-state index contributed by atoms with van der Waals surface area (Å²) in [7, 11) is 0. The van der Waals surface area contributed by atoms with E-state index in [2.05, 4.69) is 0 Å². The van der Waals surface area contributed by atoms with Gasteiger partial charge in [0.15, 0.2) is 5.75 Å². The van der Waals surface area contributed by atoms with Gasteiger partial charge in [-0.1, -0.05) is 40.9 Å². The zero-order valence-corrected chi connectivity index (χ0v) is 10.3. The molecular formula is C13H12N2O2S. The molecule has 2 amide bonds. The summed E-state index contributed by atoms with van der Waals surface area (Å²) < 4.78 is 1.05. The number of nitrogens with two attached hydrogens (primary N) is 1. The summed E-state index contributed by atoms with van der Waals surface area (Å²) in [6.07, 6.45) is 0. The zero-order valence-electron chi connectivity index (χ0n) is 9.52. The third-order valence-corrected chi connectivity index (χ3v) is 2.95. The van der Waals surface area contributed by atoms with Gasteiger partial charge in [0, 0.05) is 16.8 Å². The van der Waals surface area contributed by atoms with Gasteiger partial charge >= 0.3 is 6.03 Å². The maximum absolute atomic E-state index is 11.3. The number of benzene rings is 2. The van der Waals surface area contributed by atoms with Crippen LogP contribution in [-0.2, 0) is 0 Å². The number of hydrogen-bond acceptors (Lipinski definition) is 3. The van der Waals surface area contributed by atoms with Gasteiger partial charge in [0.05, 0.1) is 0 Å². The second kappa shape index (κ2) is 5.97. The van der Waals surface area contributed by atoms with Crippen LogP contribution in [0, 0.1) is 0 Å². The lowest BCUT2D eigenvalue weighted by Gasteiger charge is -2.18. The van der Waals surface area contributed by atoms with Gasteiger partial charge in [0.1, 0.15) is 0 Å². The third kappa shape index (κ3) is 3.43. The normalized spacial score (nSPS) is 9.78. The van der Waals surface area contributed by atoms with Crippen LogP contribution in [-0.4, -0.2) is 10.5 Å². The summed E-state index contributed by atoms with van der Waals surface area (Å²) in [5, 5.41) is 0. The summed E-state index contributed by atoms with van der Waals surface area (Å²) in [4.78, 5) is 17.6. The lowest BCUT2D eigenvalue weighted by Crippen LogP contribution is -2.32. The highest BCUT2D eigenvalue weighted by molar-refractivity contribution is 7.97. The Bertz CT molecular complexity index is 463. The van der Waals surface area contributed by atoms with Crippen molar-refractivity contribution < 1.29 is 9.63 Å². The number of urea groups is 1. The SMILES string of the molecule is NC(=O)N(Oc1ccccc1)Sc1ccccc1. The van der Waals surface area contributed by atoms with Gasteiger partial charge in [0.25, 0.3) is 0 Å². The van der Waals surface area contributed by atoms with Crippen LogP contribution in [0.4, 0.5) is 4.79 Å². The molecule has 0 aliphatic carbocycles. The van der Waals surface area contributed by atoms with Crippen LogP contribution in [0.3, 0.4) is 0 Å². The number of carbonyl (C=O) groups is 1. The molecule has 0 saturated heterocycles. The van der Waals surface area contributed by atoms with Crippen molar-refractivity contribution in [2.24, 2.45) is 5.73 Å². The van der Waals surface area contributed by atoms with Gasteiger partial charge in [-0.3, -0.25) is 0 Å². The maximum atomic E-state index is 11.3. The Hall–Kier alpha value is -2.14. The minimum atomic E-state index is -0.660. The number of hydroxylamine groups is 1. The Morgan fingerprint density at radius 1 is 1.00 bits per heavy atom. The lowest BCUT2D eigenvalue weighted by atomic mass is 10.3. The predicted octanol–water partition coefficient (Wildman–Crippen LogP) is 3.07. The smallest absolute Gasteiger partial charge is 0.359 e. The van der Waals surface area contributed by atoms with Gasteiger partial charge in [-0.15, -0.1) is 0 Å². The first-order chi connectivity index (χ1) is 8.75. The molecule has 0 radical (unpaired) electrons. The molecule has 2 aromatic carbocycles. The topological polar surface area (TPSA) is 55.6 Å². The fourth-order valence-corrected chi connectivity index (χ4v) is 1.95. The van der Waals surface area contributed by atoms with E-state index in [9.17, 15) is 4.79 Å². The van der Waals surface area contributed by atoms with Crippen molar-refractivity contribution in [2.45, 2.75) is 4.90 Å². The van der Waals surface area contributed by atoms with E-state index in [0.717, 1.165) is 21.3 Å². The molecule has 0 aromatic heterocycles. The van der Waals surface area contributed by atoms with E-state index < -0.39 is 6.03 Å². The Kier molecular flexibility index (Phi) is 4.09. The number of primary amides is 1. The van der Waals surface area contributed by atoms with Gasteiger partial charge in [-0.25, -0.2) is 4.79 Å². The van der Waals surface area contributed by atoms with E-state index in [1.54, 1.807) is 12.1 Å². The molecule has 0 aliphatic heterocycles. The molecule has 0 fully saturated rings. The van der Waals surface area contributed by atoms with Crippen molar-refractivity contribution in [3.8, 4) is 5.75 Å². The average molecular weight is 260 g/mol. The van der Waals surface area contributed by atoms with Gasteiger partial charge in [0.2, 0.25) is 0 Å². The molecule has 5 heteroatoms. The Labute approximate surface area is 109 Å². The van der Waals surface area contributed by atoms with Crippen molar-refractivity contribution in [2.75, 3.05) is 0 Å². The first-order valence-corrected chi connectivity index (χ1v) is 6.08. The fraction of sp³-hybridized carbons (Fsp3) is 0. The Morgan fingerprint density at radius 2 is 1.56 bits per heavy atom. The molecule has 2 N–H and O–H groups in total. The third-order valence-electron chi connectivity index (χ3n) is 2.04. The second-order valence-electron chi connectivity index (χ2n) is 3.40. The summed E-state index contributed by atoms with van der Waals surface area (Å²) in [6, 6.07) is 17.8. The molecule has 0 bridgehead atoms. The maximum Gasteiger partial charge on any atom is 0.359 e. The zero-order chi connectivity index (χ0) is 12.8. The van der Waals surface area contributed by atoms with E-state index >= 15 is 0 Å². The highest BCUT2D eigenvalue weighted by Gasteiger charge is 2.14. The molecule has 18 heavy (non-hydrogen) atoms. The molecule has 0 saturated carbocycles. The quantitative estimate of drug-likeness (QED) is 0.679. The molecule has 2 aromatic rings. The first kappa shape index (κ1) is 12.3. The number of hydrogen-bond donors (Lipinski definition) is 1. The van der Waals surface area contributed by atoms with Crippen LogP contribution in [0.15, 0.2) is 65.6 Å². The number of nitrogens with zero attached hydrogens (tertiary/aromatic N) is 1. The van der Waals surface area contributed by atoms with E-state index in [1.165, 1.54) is 0 Å². The Morgan fingerprint density at radius 3 is 2.11 bits per heavy atom. The molecule has 92 valence electrons. The summed E-state index contributed by atoms with van der Waals surface area (Å²) in [5.41, 5.74) is 5.27. The largest absolute Gasteiger partial charge is 0.364 e. The van der Waals surface area contributed by atoms with Crippen LogP contribution >= 0.6 is 11.9 Å². The molecule has 0 atom stereocenters. The van der Waals surface area contributed by atoms with Crippen molar-refractivity contribution >= 4 is 18.0 Å². The average Bonchev–Trinajstić information content (AvgIpc) is 2.40. The van der Waals surface area contributed by atoms with Crippen LogP contribution < -0.4 is 10.6 Å². The Balaban J connectivity index is 2.08. The molecule has 2 rings (SSSR count). The fourth-order valence-electron chi connectivity index (χ4n) is 1.26. The molecule has 0 aliphatic rings. The summed E-state index contributed by atoms with van der Waals surface area (Å²) in [6.45, 7) is 0. The number of para-hydroxylation sites is 1. The lowest BCUT2D eigenvalue weighted by molar-refractivity contribution is 0.0860. The summed E-state index contributed by atoms with van der Waals surface area (Å²) in [5.74, 6) is 0.555. The van der Waals surface area contributed by atoms with E-state index in [1.807, 2.05) is 48.5 Å². The molecule has 4 nitrogen and oxygen atoms in total. The van der Waals surface area contributed by atoms with Crippen LogP contribution in [0.1, 0.15) is 0 Å². The van der Waals surface area contributed by atoms with E-state index in [4.69, 9.17) is 10.6 Å². The second-order valence-corrected chi connectivity index (χ2v) is 4.39. The monoisotopic (exact) mass is 260 g/mol. The van der Waals surface area contributed by atoms with Crippen molar-refractivity contribution in [1.82, 2.24) is 4.47 Å². The predicted molar refractivity (Wildman–Crippen MR) is 70.8 cm³/mol. The molecular weight excluding hydrogens is 248 g/mol. The van der Waals surface area contributed by atoms with Crippen molar-refractivity contribution in [3.05, 3.63) is 60.7 Å². The highest BCUT2D eigenvalue weighted by atomic mass is 32.2. The number of amides is 2. The van der Waals surface area contributed by atoms with Gasteiger partial charge in [-0.05, 0) is 24.3 Å². The van der Waals surface area contributed by atoms with Gasteiger partial charge < -0.3 is 10.6 Å². The van der Waals surface area contributed by atoms with E-state index in [0.29, 0.717) is 5.75 Å². The molecule has 0 heterocycles. The number of carbonyl (C=O) groups excluding carboxylic acids is 1. The molecule has 0 spiro atoms. The first-order valence-electron chi connectivity index (χ1n) is 5.31. The minimum absolute atomic E-state index is 0.555. The van der Waals surface area contributed by atoms with Crippen molar-refractivity contribution in [3.63, 3.8) is 0 Å². The standard InChI is InChI=1S/C13H12N2O2S/c14-13(16)15(17-11-7-3-1-4-8-11)18-12-9-5-2-6-10-12/h1-10H,(H2,14,16). The molecule has 0 unspecified atom stereocenters.